The first kappa shape index (κ1) is 12.6. The number of halogens is 6. The third-order valence-electron chi connectivity index (χ3n) is 1.73. The van der Waals surface area contributed by atoms with Gasteiger partial charge in [-0.1, -0.05) is 0 Å². The van der Waals surface area contributed by atoms with Gasteiger partial charge >= 0.3 is 6.18 Å². The molecule has 0 aliphatic rings. The zero-order chi connectivity index (χ0) is 11.8. The quantitative estimate of drug-likeness (QED) is 0.430. The molecule has 0 bridgehead atoms. The van der Waals surface area contributed by atoms with Gasteiger partial charge in [0.15, 0.2) is 0 Å². The SMILES string of the molecule is Cc1nc(I)c(C(F)F)cc1C(F)(F)F. The molecule has 0 aliphatic heterocycles. The van der Waals surface area contributed by atoms with Crippen molar-refractivity contribution in [2.24, 2.45) is 0 Å². The molecule has 0 fully saturated rings. The number of hydrogen-bond donors (Lipinski definition) is 0. The molecule has 0 atom stereocenters. The van der Waals surface area contributed by atoms with Gasteiger partial charge in [-0.3, -0.25) is 0 Å². The number of rotatable bonds is 1. The lowest BCUT2D eigenvalue weighted by Crippen LogP contribution is -2.11. The van der Waals surface area contributed by atoms with Crippen molar-refractivity contribution < 1.29 is 22.0 Å². The second kappa shape index (κ2) is 4.18. The first-order valence-electron chi connectivity index (χ1n) is 3.76. The highest BCUT2D eigenvalue weighted by molar-refractivity contribution is 14.1. The van der Waals surface area contributed by atoms with Crippen LogP contribution >= 0.6 is 22.6 Å². The van der Waals surface area contributed by atoms with E-state index in [9.17, 15) is 22.0 Å². The van der Waals surface area contributed by atoms with Crippen LogP contribution in [0.15, 0.2) is 6.07 Å². The summed E-state index contributed by atoms with van der Waals surface area (Å²) in [6, 6.07) is 0.453. The molecular formula is C8H5F5IN. The predicted octanol–water partition coefficient (Wildman–Crippen LogP) is 3.95. The molecule has 0 aromatic carbocycles. The van der Waals surface area contributed by atoms with E-state index in [-0.39, 0.29) is 9.39 Å². The highest BCUT2D eigenvalue weighted by Crippen LogP contribution is 2.34. The highest BCUT2D eigenvalue weighted by Gasteiger charge is 2.34. The Morgan fingerprint density at radius 3 is 2.27 bits per heavy atom. The van der Waals surface area contributed by atoms with Gasteiger partial charge in [0.1, 0.15) is 3.70 Å². The molecule has 0 aliphatic carbocycles. The van der Waals surface area contributed by atoms with E-state index < -0.39 is 23.7 Å². The van der Waals surface area contributed by atoms with Crippen molar-refractivity contribution in [3.63, 3.8) is 0 Å². The first-order chi connectivity index (χ1) is 6.73. The smallest absolute Gasteiger partial charge is 0.246 e. The van der Waals surface area contributed by atoms with Crippen LogP contribution in [-0.4, -0.2) is 4.98 Å². The molecule has 0 unspecified atom stereocenters. The van der Waals surface area contributed by atoms with Crippen LogP contribution in [0.5, 0.6) is 0 Å². The van der Waals surface area contributed by atoms with Gasteiger partial charge in [0.25, 0.3) is 6.43 Å². The Morgan fingerprint density at radius 1 is 1.33 bits per heavy atom. The van der Waals surface area contributed by atoms with Gasteiger partial charge in [0.2, 0.25) is 0 Å². The molecule has 1 nitrogen and oxygen atoms in total. The summed E-state index contributed by atoms with van der Waals surface area (Å²) in [5.41, 5.74) is -2.09. The van der Waals surface area contributed by atoms with Gasteiger partial charge in [-0.25, -0.2) is 13.8 Å². The molecule has 15 heavy (non-hydrogen) atoms. The van der Waals surface area contributed by atoms with Gasteiger partial charge in [0, 0.05) is 0 Å². The molecule has 0 N–H and O–H groups in total. The standard InChI is InChI=1S/C8H5F5IN/c1-3-5(8(11,12)13)2-4(6(9)10)7(14)15-3/h2,6H,1H3. The summed E-state index contributed by atoms with van der Waals surface area (Å²) < 4.78 is 61.5. The Balaban J connectivity index is 3.37. The zero-order valence-electron chi connectivity index (χ0n) is 7.37. The lowest BCUT2D eigenvalue weighted by molar-refractivity contribution is -0.138. The van der Waals surface area contributed by atoms with Crippen molar-refractivity contribution in [3.05, 3.63) is 26.6 Å². The minimum atomic E-state index is -4.65. The van der Waals surface area contributed by atoms with E-state index in [2.05, 4.69) is 4.98 Å². The summed E-state index contributed by atoms with van der Waals surface area (Å²) in [4.78, 5) is 3.45. The van der Waals surface area contributed by atoms with E-state index in [1.807, 2.05) is 0 Å². The molecule has 1 aromatic rings. The molecule has 7 heteroatoms. The Kier molecular flexibility index (Phi) is 3.51. The Bertz CT molecular complexity index is 374. The molecule has 0 amide bonds. The Morgan fingerprint density at radius 2 is 1.87 bits per heavy atom. The topological polar surface area (TPSA) is 12.9 Å². The number of hydrogen-bond acceptors (Lipinski definition) is 1. The number of pyridine rings is 1. The second-order valence-corrected chi connectivity index (χ2v) is 3.82. The van der Waals surface area contributed by atoms with Crippen LogP contribution in [0.4, 0.5) is 22.0 Å². The largest absolute Gasteiger partial charge is 0.418 e. The van der Waals surface area contributed by atoms with Crippen LogP contribution in [0.25, 0.3) is 0 Å². The third-order valence-corrected chi connectivity index (χ3v) is 2.60. The maximum absolute atomic E-state index is 12.3. The highest BCUT2D eigenvalue weighted by atomic mass is 127. The second-order valence-electron chi connectivity index (χ2n) is 2.80. The van der Waals surface area contributed by atoms with Crippen molar-refractivity contribution in [1.82, 2.24) is 4.98 Å². The van der Waals surface area contributed by atoms with Gasteiger partial charge in [-0.2, -0.15) is 13.2 Å². The fraction of sp³-hybridized carbons (Fsp3) is 0.375. The maximum Gasteiger partial charge on any atom is 0.418 e. The summed E-state index contributed by atoms with van der Waals surface area (Å²) in [6.45, 7) is 1.14. The molecule has 0 saturated carbocycles. The maximum atomic E-state index is 12.3. The van der Waals surface area contributed by atoms with Crippen molar-refractivity contribution in [3.8, 4) is 0 Å². The lowest BCUT2D eigenvalue weighted by atomic mass is 10.1. The molecule has 1 heterocycles. The van der Waals surface area contributed by atoms with E-state index in [1.54, 1.807) is 0 Å². The van der Waals surface area contributed by atoms with Crippen LogP contribution in [0.3, 0.4) is 0 Å². The number of alkyl halides is 5. The van der Waals surface area contributed by atoms with E-state index in [0.717, 1.165) is 6.92 Å². The number of nitrogens with zero attached hydrogens (tertiary/aromatic N) is 1. The van der Waals surface area contributed by atoms with Crippen molar-refractivity contribution in [1.29, 1.82) is 0 Å². The Labute approximate surface area is 95.8 Å². The lowest BCUT2D eigenvalue weighted by Gasteiger charge is -2.12. The average Bonchev–Trinajstić information content (AvgIpc) is 2.00. The first-order valence-corrected chi connectivity index (χ1v) is 4.83. The molecule has 0 radical (unpaired) electrons. The normalized spacial score (nSPS) is 12.3. The van der Waals surface area contributed by atoms with E-state index in [1.165, 1.54) is 22.6 Å². The molecule has 84 valence electrons. The van der Waals surface area contributed by atoms with Crippen molar-refractivity contribution >= 4 is 22.6 Å². The fourth-order valence-electron chi connectivity index (χ4n) is 1.03. The summed E-state index contributed by atoms with van der Waals surface area (Å²) in [5, 5.41) is 0. The fourth-order valence-corrected chi connectivity index (χ4v) is 1.78. The summed E-state index contributed by atoms with van der Waals surface area (Å²) >= 11 is 1.49. The van der Waals surface area contributed by atoms with E-state index >= 15 is 0 Å². The van der Waals surface area contributed by atoms with Crippen LogP contribution in [0.1, 0.15) is 23.2 Å². The van der Waals surface area contributed by atoms with E-state index in [4.69, 9.17) is 0 Å². The van der Waals surface area contributed by atoms with Crippen molar-refractivity contribution in [2.75, 3.05) is 0 Å². The number of aromatic nitrogens is 1. The molecule has 0 spiro atoms. The third kappa shape index (κ3) is 2.76. The monoisotopic (exact) mass is 337 g/mol. The molecule has 1 aromatic heterocycles. The predicted molar refractivity (Wildman–Crippen MR) is 51.6 cm³/mol. The molecule has 0 saturated heterocycles. The summed E-state index contributed by atoms with van der Waals surface area (Å²) in [7, 11) is 0. The van der Waals surface area contributed by atoms with Gasteiger partial charge < -0.3 is 0 Å². The van der Waals surface area contributed by atoms with Crippen LogP contribution in [-0.2, 0) is 6.18 Å². The van der Waals surface area contributed by atoms with Gasteiger partial charge in [-0.15, -0.1) is 0 Å². The Hall–Kier alpha value is -0.470. The summed E-state index contributed by atoms with van der Waals surface area (Å²) in [6.07, 6.45) is -7.60. The van der Waals surface area contributed by atoms with Crippen LogP contribution in [0, 0.1) is 10.6 Å². The minimum Gasteiger partial charge on any atom is -0.246 e. The zero-order valence-corrected chi connectivity index (χ0v) is 9.53. The summed E-state index contributed by atoms with van der Waals surface area (Å²) in [5.74, 6) is 0. The van der Waals surface area contributed by atoms with Crippen LogP contribution < -0.4 is 0 Å². The molecular weight excluding hydrogens is 332 g/mol. The van der Waals surface area contributed by atoms with Crippen LogP contribution in [0.2, 0.25) is 0 Å². The van der Waals surface area contributed by atoms with Gasteiger partial charge in [-0.05, 0) is 35.6 Å². The minimum absolute atomic E-state index is 0.104. The van der Waals surface area contributed by atoms with Gasteiger partial charge in [0.05, 0.1) is 16.8 Å². The molecule has 1 rings (SSSR count). The van der Waals surface area contributed by atoms with Crippen molar-refractivity contribution in [2.45, 2.75) is 19.5 Å². The number of aryl methyl sites for hydroxylation is 1. The van der Waals surface area contributed by atoms with E-state index in [0.29, 0.717) is 6.07 Å². The average molecular weight is 337 g/mol.